The lowest BCUT2D eigenvalue weighted by atomic mass is 10.1. The number of amides is 1. The summed E-state index contributed by atoms with van der Waals surface area (Å²) >= 11 is 0. The highest BCUT2D eigenvalue weighted by Crippen LogP contribution is 2.35. The Kier molecular flexibility index (Phi) is 2.94. The van der Waals surface area contributed by atoms with E-state index in [1.165, 1.54) is 7.11 Å². The molecule has 1 aromatic rings. The molecule has 0 aliphatic carbocycles. The van der Waals surface area contributed by atoms with Gasteiger partial charge < -0.3 is 4.74 Å². The first kappa shape index (κ1) is 12.7. The lowest BCUT2D eigenvalue weighted by Gasteiger charge is -2.32. The molecule has 0 saturated heterocycles. The van der Waals surface area contributed by atoms with Crippen molar-refractivity contribution in [2.75, 3.05) is 11.8 Å². The molecule has 1 aliphatic heterocycles. The summed E-state index contributed by atoms with van der Waals surface area (Å²) in [5.74, 6) is -0.217. The molecule has 0 saturated carbocycles. The van der Waals surface area contributed by atoms with E-state index in [1.54, 1.807) is 32.0 Å². The predicted octanol–water partition coefficient (Wildman–Crippen LogP) is 1.22. The number of nitrogens with one attached hydrogen (secondary N) is 1. The summed E-state index contributed by atoms with van der Waals surface area (Å²) in [5, 5.41) is 0. The van der Waals surface area contributed by atoms with Crippen LogP contribution in [0.2, 0.25) is 0 Å². The molecule has 0 aromatic heterocycles. The predicted molar refractivity (Wildman–Crippen MR) is 66.8 cm³/mol. The third-order valence-electron chi connectivity index (χ3n) is 2.64. The maximum atomic E-state index is 12.2. The van der Waals surface area contributed by atoms with E-state index >= 15 is 0 Å². The molecule has 1 heterocycles. The number of benzene rings is 1. The number of fused-ring (bicyclic) bond motifs is 1. The summed E-state index contributed by atoms with van der Waals surface area (Å²) in [5.41, 5.74) is 0.486. The van der Waals surface area contributed by atoms with Crippen molar-refractivity contribution in [1.82, 2.24) is 4.31 Å². The van der Waals surface area contributed by atoms with Gasteiger partial charge in [-0.2, -0.15) is 8.42 Å². The minimum Gasteiger partial charge on any atom is -0.495 e. The smallest absolute Gasteiger partial charge is 0.326 e. The van der Waals surface area contributed by atoms with Gasteiger partial charge in [0, 0.05) is 6.04 Å². The molecular formula is C11H14N2O4S. The zero-order chi connectivity index (χ0) is 13.5. The second-order valence-electron chi connectivity index (χ2n) is 4.18. The minimum absolute atomic E-state index is 0.196. The summed E-state index contributed by atoms with van der Waals surface area (Å²) in [6, 6.07) is 4.36. The molecule has 0 bridgehead atoms. The average Bonchev–Trinajstić information content (AvgIpc) is 2.26. The lowest BCUT2D eigenvalue weighted by molar-refractivity contribution is 0.0833. The van der Waals surface area contributed by atoms with Crippen LogP contribution >= 0.6 is 0 Å². The Labute approximate surface area is 106 Å². The van der Waals surface area contributed by atoms with Crippen molar-refractivity contribution in [2.24, 2.45) is 0 Å². The van der Waals surface area contributed by atoms with E-state index in [4.69, 9.17) is 4.74 Å². The maximum Gasteiger partial charge on any atom is 0.326 e. The quantitative estimate of drug-likeness (QED) is 0.876. The highest BCUT2D eigenvalue weighted by atomic mass is 32.2. The van der Waals surface area contributed by atoms with E-state index < -0.39 is 22.2 Å². The van der Waals surface area contributed by atoms with Crippen LogP contribution in [-0.2, 0) is 10.2 Å². The van der Waals surface area contributed by atoms with Crippen molar-refractivity contribution >= 4 is 21.8 Å². The Balaban J connectivity index is 2.65. The third-order valence-corrected chi connectivity index (χ3v) is 4.20. The molecule has 1 amide bonds. The van der Waals surface area contributed by atoms with Gasteiger partial charge in [0.15, 0.2) is 0 Å². The Hall–Kier alpha value is -1.76. The molecule has 1 aliphatic rings. The third kappa shape index (κ3) is 1.80. The summed E-state index contributed by atoms with van der Waals surface area (Å²) in [4.78, 5) is 12.2. The van der Waals surface area contributed by atoms with Gasteiger partial charge in [0.05, 0.1) is 12.7 Å². The average molecular weight is 270 g/mol. The fourth-order valence-electron chi connectivity index (χ4n) is 1.90. The van der Waals surface area contributed by atoms with Crippen LogP contribution < -0.4 is 9.46 Å². The van der Waals surface area contributed by atoms with Crippen LogP contribution in [0, 0.1) is 0 Å². The molecule has 6 nitrogen and oxygen atoms in total. The van der Waals surface area contributed by atoms with Gasteiger partial charge in [-0.15, -0.1) is 0 Å². The number of anilines is 1. The first-order valence-corrected chi connectivity index (χ1v) is 6.86. The Bertz CT molecular complexity index is 595. The topological polar surface area (TPSA) is 75.7 Å². The number of para-hydroxylation sites is 1. The zero-order valence-corrected chi connectivity index (χ0v) is 11.1. The highest BCUT2D eigenvalue weighted by molar-refractivity contribution is 7.91. The maximum absolute atomic E-state index is 12.2. The molecule has 0 spiro atoms. The van der Waals surface area contributed by atoms with Gasteiger partial charge in [0.1, 0.15) is 11.4 Å². The Morgan fingerprint density at radius 3 is 2.56 bits per heavy atom. The monoisotopic (exact) mass is 270 g/mol. The first-order chi connectivity index (χ1) is 8.38. The number of ether oxygens (including phenoxy) is 1. The van der Waals surface area contributed by atoms with Gasteiger partial charge in [0.2, 0.25) is 0 Å². The van der Waals surface area contributed by atoms with Crippen LogP contribution in [0.3, 0.4) is 0 Å². The van der Waals surface area contributed by atoms with E-state index in [9.17, 15) is 13.2 Å². The van der Waals surface area contributed by atoms with Gasteiger partial charge in [-0.1, -0.05) is 6.07 Å². The highest BCUT2D eigenvalue weighted by Gasteiger charge is 2.38. The van der Waals surface area contributed by atoms with Crippen LogP contribution in [0.25, 0.3) is 0 Å². The second kappa shape index (κ2) is 4.16. The van der Waals surface area contributed by atoms with Gasteiger partial charge >= 0.3 is 10.2 Å². The molecule has 7 heteroatoms. The Morgan fingerprint density at radius 1 is 1.33 bits per heavy atom. The zero-order valence-electron chi connectivity index (χ0n) is 10.3. The molecule has 0 unspecified atom stereocenters. The second-order valence-corrected chi connectivity index (χ2v) is 5.73. The fraction of sp³-hybridized carbons (Fsp3) is 0.364. The lowest BCUT2D eigenvalue weighted by Crippen LogP contribution is -2.48. The summed E-state index contributed by atoms with van der Waals surface area (Å²) in [6.45, 7) is 3.28. The molecule has 18 heavy (non-hydrogen) atoms. The molecule has 1 N–H and O–H groups in total. The fourth-order valence-corrected chi connectivity index (χ4v) is 3.34. The van der Waals surface area contributed by atoms with Crippen LogP contribution in [-0.4, -0.2) is 31.8 Å². The van der Waals surface area contributed by atoms with Crippen molar-refractivity contribution in [3.63, 3.8) is 0 Å². The molecule has 0 fully saturated rings. The van der Waals surface area contributed by atoms with Crippen molar-refractivity contribution in [1.29, 1.82) is 0 Å². The molecule has 0 atom stereocenters. The SMILES string of the molecule is COc1cccc2c1NS(=O)(=O)N(C(C)C)C2=O. The van der Waals surface area contributed by atoms with Gasteiger partial charge in [-0.3, -0.25) is 9.52 Å². The number of hydrogen-bond donors (Lipinski definition) is 1. The molecule has 1 aromatic carbocycles. The van der Waals surface area contributed by atoms with Crippen LogP contribution in [0.1, 0.15) is 24.2 Å². The molecular weight excluding hydrogens is 256 g/mol. The Morgan fingerprint density at radius 2 is 2.00 bits per heavy atom. The standard InChI is InChI=1S/C11H14N2O4S/c1-7(2)13-11(14)8-5-4-6-9(17-3)10(8)12-18(13,15)16/h4-7,12H,1-3H3. The number of rotatable bonds is 2. The normalized spacial score (nSPS) is 17.3. The number of carbonyl (C=O) groups is 1. The van der Waals surface area contributed by atoms with E-state index in [0.29, 0.717) is 5.75 Å². The van der Waals surface area contributed by atoms with Crippen LogP contribution in [0.15, 0.2) is 18.2 Å². The number of nitrogens with zero attached hydrogens (tertiary/aromatic N) is 1. The van der Waals surface area contributed by atoms with Crippen molar-refractivity contribution in [3.8, 4) is 5.75 Å². The van der Waals surface area contributed by atoms with Gasteiger partial charge in [0.25, 0.3) is 5.91 Å². The van der Waals surface area contributed by atoms with Crippen molar-refractivity contribution < 1.29 is 17.9 Å². The number of carbonyl (C=O) groups excluding carboxylic acids is 1. The number of methoxy groups -OCH3 is 1. The molecule has 0 radical (unpaired) electrons. The van der Waals surface area contributed by atoms with Crippen molar-refractivity contribution in [2.45, 2.75) is 19.9 Å². The molecule has 2 rings (SSSR count). The van der Waals surface area contributed by atoms with E-state index in [0.717, 1.165) is 4.31 Å². The molecule has 98 valence electrons. The van der Waals surface area contributed by atoms with Gasteiger partial charge in [-0.25, -0.2) is 4.31 Å². The van der Waals surface area contributed by atoms with Crippen LogP contribution in [0.5, 0.6) is 5.75 Å². The summed E-state index contributed by atoms with van der Waals surface area (Å²) in [6.07, 6.45) is 0. The van der Waals surface area contributed by atoms with Crippen molar-refractivity contribution in [3.05, 3.63) is 23.8 Å². The van der Waals surface area contributed by atoms with E-state index in [1.807, 2.05) is 0 Å². The van der Waals surface area contributed by atoms with Gasteiger partial charge in [-0.05, 0) is 26.0 Å². The summed E-state index contributed by atoms with van der Waals surface area (Å²) in [7, 11) is -2.44. The number of hydrogen-bond acceptors (Lipinski definition) is 4. The first-order valence-electron chi connectivity index (χ1n) is 5.42. The van der Waals surface area contributed by atoms with E-state index in [2.05, 4.69) is 4.72 Å². The van der Waals surface area contributed by atoms with Crippen LogP contribution in [0.4, 0.5) is 5.69 Å². The summed E-state index contributed by atoms with van der Waals surface area (Å²) < 4.78 is 32.3. The minimum atomic E-state index is -3.86. The largest absolute Gasteiger partial charge is 0.495 e. The van der Waals surface area contributed by atoms with E-state index in [-0.39, 0.29) is 11.3 Å².